The van der Waals surface area contributed by atoms with Gasteiger partial charge in [0.2, 0.25) is 11.9 Å². The second-order valence-electron chi connectivity index (χ2n) is 5.06. The summed E-state index contributed by atoms with van der Waals surface area (Å²) in [5.41, 5.74) is -0.0832. The van der Waals surface area contributed by atoms with Gasteiger partial charge < -0.3 is 10.6 Å². The molecule has 0 aliphatic heterocycles. The van der Waals surface area contributed by atoms with Crippen LogP contribution in [0.15, 0.2) is 42.7 Å². The van der Waals surface area contributed by atoms with Crippen LogP contribution in [0.2, 0.25) is 0 Å². The lowest BCUT2D eigenvalue weighted by Gasteiger charge is -2.04. The van der Waals surface area contributed by atoms with Crippen molar-refractivity contribution in [1.82, 2.24) is 20.2 Å². The molecular weight excluding hydrogens is 330 g/mol. The first-order valence-electron chi connectivity index (χ1n) is 7.44. The van der Waals surface area contributed by atoms with Gasteiger partial charge in [-0.3, -0.25) is 9.89 Å². The number of nitrogens with one attached hydrogen (secondary N) is 3. The Hall–Kier alpha value is -3.36. The molecule has 0 fully saturated rings. The molecule has 3 aromatic rings. The van der Waals surface area contributed by atoms with Crippen LogP contribution in [0.1, 0.15) is 6.42 Å². The Kier molecular flexibility index (Phi) is 4.93. The highest BCUT2D eigenvalue weighted by Crippen LogP contribution is 2.25. The van der Waals surface area contributed by atoms with Crippen LogP contribution in [0, 0.1) is 11.6 Å². The van der Waals surface area contributed by atoms with Crippen molar-refractivity contribution in [2.24, 2.45) is 0 Å². The Morgan fingerprint density at radius 1 is 1.12 bits per heavy atom. The lowest BCUT2D eigenvalue weighted by atomic mass is 10.1. The summed E-state index contributed by atoms with van der Waals surface area (Å²) in [6.07, 6.45) is 3.32. The van der Waals surface area contributed by atoms with E-state index >= 15 is 0 Å². The number of hydrogen-bond donors (Lipinski definition) is 3. The summed E-state index contributed by atoms with van der Waals surface area (Å²) in [5.74, 6) is -1.14. The fourth-order valence-corrected chi connectivity index (χ4v) is 2.15. The first-order chi connectivity index (χ1) is 12.1. The number of anilines is 2. The molecule has 2 heterocycles. The Morgan fingerprint density at radius 3 is 2.56 bits per heavy atom. The lowest BCUT2D eigenvalue weighted by molar-refractivity contribution is -0.116. The molecule has 0 atom stereocenters. The summed E-state index contributed by atoms with van der Waals surface area (Å²) in [5, 5.41) is 11.8. The predicted octanol–water partition coefficient (Wildman–Crippen LogP) is 2.59. The van der Waals surface area contributed by atoms with Crippen molar-refractivity contribution in [3.05, 3.63) is 54.4 Å². The quantitative estimate of drug-likeness (QED) is 0.639. The third kappa shape index (κ3) is 4.14. The molecule has 0 saturated carbocycles. The summed E-state index contributed by atoms with van der Waals surface area (Å²) in [7, 11) is 0. The molecule has 1 aromatic carbocycles. The minimum absolute atomic E-state index is 0.140. The van der Waals surface area contributed by atoms with Gasteiger partial charge in [-0.1, -0.05) is 6.07 Å². The highest BCUT2D eigenvalue weighted by molar-refractivity contribution is 5.90. The normalized spacial score (nSPS) is 10.5. The Labute approximate surface area is 141 Å². The van der Waals surface area contributed by atoms with Crippen molar-refractivity contribution >= 4 is 17.7 Å². The second-order valence-corrected chi connectivity index (χ2v) is 5.06. The first kappa shape index (κ1) is 16.5. The van der Waals surface area contributed by atoms with Crippen molar-refractivity contribution in [3.63, 3.8) is 0 Å². The number of aromatic nitrogens is 4. The molecule has 3 rings (SSSR count). The van der Waals surface area contributed by atoms with E-state index in [0.717, 1.165) is 12.1 Å². The van der Waals surface area contributed by atoms with E-state index < -0.39 is 11.6 Å². The van der Waals surface area contributed by atoms with Gasteiger partial charge in [-0.05, 0) is 18.2 Å². The molecular formula is C16H14F2N6O. The van der Waals surface area contributed by atoms with Gasteiger partial charge in [-0.15, -0.1) is 0 Å². The van der Waals surface area contributed by atoms with Crippen molar-refractivity contribution < 1.29 is 13.6 Å². The Balaban J connectivity index is 1.57. The van der Waals surface area contributed by atoms with E-state index in [9.17, 15) is 13.6 Å². The number of aromatic amines is 1. The first-order valence-corrected chi connectivity index (χ1v) is 7.44. The van der Waals surface area contributed by atoms with E-state index in [4.69, 9.17) is 0 Å². The third-order valence-electron chi connectivity index (χ3n) is 3.28. The summed E-state index contributed by atoms with van der Waals surface area (Å²) in [4.78, 5) is 19.8. The monoisotopic (exact) mass is 344 g/mol. The molecule has 25 heavy (non-hydrogen) atoms. The van der Waals surface area contributed by atoms with Crippen molar-refractivity contribution in [3.8, 4) is 11.3 Å². The zero-order valence-electron chi connectivity index (χ0n) is 13.0. The maximum atomic E-state index is 13.7. The van der Waals surface area contributed by atoms with Crippen LogP contribution >= 0.6 is 0 Å². The predicted molar refractivity (Wildman–Crippen MR) is 87.7 cm³/mol. The lowest BCUT2D eigenvalue weighted by Crippen LogP contribution is -2.17. The second kappa shape index (κ2) is 7.47. The minimum atomic E-state index is -0.714. The maximum absolute atomic E-state index is 13.7. The Morgan fingerprint density at radius 2 is 1.84 bits per heavy atom. The number of carbonyl (C=O) groups excluding carboxylic acids is 1. The van der Waals surface area contributed by atoms with Crippen LogP contribution in [0.25, 0.3) is 11.3 Å². The van der Waals surface area contributed by atoms with E-state index in [2.05, 4.69) is 30.8 Å². The Bertz CT molecular complexity index is 848. The van der Waals surface area contributed by atoms with Gasteiger partial charge in [0.25, 0.3) is 0 Å². The van der Waals surface area contributed by atoms with Crippen LogP contribution in [0.5, 0.6) is 0 Å². The molecule has 3 N–H and O–H groups in total. The van der Waals surface area contributed by atoms with Gasteiger partial charge in [0.15, 0.2) is 5.82 Å². The molecule has 2 aromatic heterocycles. The standard InChI is InChI=1S/C16H14F2N6O/c17-10-3-1-4-11(18)15(10)12-9-13(24-23-12)22-14(25)5-8-21-16-19-6-2-7-20-16/h1-4,6-7,9H,5,8H2,(H,19,20,21)(H2,22,23,24,25). The highest BCUT2D eigenvalue weighted by atomic mass is 19.1. The van der Waals surface area contributed by atoms with Crippen molar-refractivity contribution in [1.29, 1.82) is 0 Å². The molecule has 0 bridgehead atoms. The molecule has 0 saturated heterocycles. The summed E-state index contributed by atoms with van der Waals surface area (Å²) >= 11 is 0. The highest BCUT2D eigenvalue weighted by Gasteiger charge is 2.14. The van der Waals surface area contributed by atoms with Crippen LogP contribution in [-0.4, -0.2) is 32.6 Å². The molecule has 128 valence electrons. The van der Waals surface area contributed by atoms with E-state index in [1.165, 1.54) is 12.1 Å². The van der Waals surface area contributed by atoms with Crippen LogP contribution in [-0.2, 0) is 4.79 Å². The summed E-state index contributed by atoms with van der Waals surface area (Å²) in [6, 6.07) is 6.62. The van der Waals surface area contributed by atoms with E-state index in [0.29, 0.717) is 12.5 Å². The van der Waals surface area contributed by atoms with E-state index in [-0.39, 0.29) is 29.4 Å². The molecule has 0 aliphatic rings. The van der Waals surface area contributed by atoms with E-state index in [1.54, 1.807) is 18.5 Å². The molecule has 0 unspecified atom stereocenters. The number of carbonyl (C=O) groups is 1. The van der Waals surface area contributed by atoms with Gasteiger partial charge >= 0.3 is 0 Å². The molecule has 1 amide bonds. The largest absolute Gasteiger partial charge is 0.354 e. The number of H-pyrrole nitrogens is 1. The van der Waals surface area contributed by atoms with Gasteiger partial charge in [0, 0.05) is 31.4 Å². The number of nitrogens with zero attached hydrogens (tertiary/aromatic N) is 3. The topological polar surface area (TPSA) is 95.6 Å². The average Bonchev–Trinajstić information content (AvgIpc) is 3.03. The van der Waals surface area contributed by atoms with Gasteiger partial charge in [-0.25, -0.2) is 18.7 Å². The number of amides is 1. The molecule has 0 spiro atoms. The maximum Gasteiger partial charge on any atom is 0.227 e. The van der Waals surface area contributed by atoms with Crippen molar-refractivity contribution in [2.75, 3.05) is 17.2 Å². The fraction of sp³-hybridized carbons (Fsp3) is 0.125. The molecule has 7 nitrogen and oxygen atoms in total. The number of hydrogen-bond acceptors (Lipinski definition) is 5. The molecule has 0 aliphatic carbocycles. The van der Waals surface area contributed by atoms with Gasteiger partial charge in [0.05, 0.1) is 11.3 Å². The molecule has 0 radical (unpaired) electrons. The number of halogens is 2. The van der Waals surface area contributed by atoms with Gasteiger partial charge in [0.1, 0.15) is 11.6 Å². The zero-order valence-corrected chi connectivity index (χ0v) is 13.0. The average molecular weight is 344 g/mol. The SMILES string of the molecule is O=C(CCNc1ncccn1)Nc1cc(-c2c(F)cccc2F)[nH]n1. The molecule has 9 heteroatoms. The minimum Gasteiger partial charge on any atom is -0.354 e. The van der Waals surface area contributed by atoms with Gasteiger partial charge in [-0.2, -0.15) is 5.10 Å². The third-order valence-corrected chi connectivity index (χ3v) is 3.28. The van der Waals surface area contributed by atoms with E-state index in [1.807, 2.05) is 0 Å². The zero-order chi connectivity index (χ0) is 17.6. The van der Waals surface area contributed by atoms with Crippen LogP contribution in [0.4, 0.5) is 20.5 Å². The van der Waals surface area contributed by atoms with Crippen LogP contribution < -0.4 is 10.6 Å². The fourth-order valence-electron chi connectivity index (χ4n) is 2.15. The number of rotatable bonds is 6. The summed E-state index contributed by atoms with van der Waals surface area (Å²) < 4.78 is 27.5. The smallest absolute Gasteiger partial charge is 0.227 e. The van der Waals surface area contributed by atoms with Crippen LogP contribution in [0.3, 0.4) is 0 Å². The van der Waals surface area contributed by atoms with Crippen molar-refractivity contribution in [2.45, 2.75) is 6.42 Å². The summed E-state index contributed by atoms with van der Waals surface area (Å²) in [6.45, 7) is 0.328. The number of benzene rings is 1.